The number of hydrogen-bond acceptors (Lipinski definition) is 6. The average Bonchev–Trinajstić information content (AvgIpc) is 2.74. The maximum atomic E-state index is 13.0. The Morgan fingerprint density at radius 3 is 2.69 bits per heavy atom. The minimum Gasteiger partial charge on any atom is -0.394 e. The summed E-state index contributed by atoms with van der Waals surface area (Å²) in [7, 11) is 1.45. The molecular formula is C20H19ClN4O4. The number of carbonyl (C=O) groups is 1. The number of rotatable bonds is 7. The summed E-state index contributed by atoms with van der Waals surface area (Å²) in [5.41, 5.74) is 0.767. The van der Waals surface area contributed by atoms with Crippen molar-refractivity contribution in [3.05, 3.63) is 75.8 Å². The molecule has 0 unspecified atom stereocenters. The Labute approximate surface area is 171 Å². The Bertz CT molecular complexity index is 1040. The number of amides is 1. The predicted octanol–water partition coefficient (Wildman–Crippen LogP) is 1.68. The molecule has 1 atom stereocenters. The molecule has 0 saturated carbocycles. The van der Waals surface area contributed by atoms with E-state index >= 15 is 0 Å². The van der Waals surface area contributed by atoms with E-state index in [2.05, 4.69) is 15.4 Å². The summed E-state index contributed by atoms with van der Waals surface area (Å²) in [4.78, 5) is 29.8. The van der Waals surface area contributed by atoms with Crippen molar-refractivity contribution >= 4 is 17.5 Å². The summed E-state index contributed by atoms with van der Waals surface area (Å²) in [6, 6.07) is 11.0. The van der Waals surface area contributed by atoms with E-state index in [0.29, 0.717) is 22.0 Å². The Morgan fingerprint density at radius 2 is 2.07 bits per heavy atom. The molecule has 3 rings (SSSR count). The van der Waals surface area contributed by atoms with Crippen molar-refractivity contribution in [2.75, 3.05) is 20.3 Å². The van der Waals surface area contributed by atoms with Crippen molar-refractivity contribution in [2.24, 2.45) is 0 Å². The van der Waals surface area contributed by atoms with Crippen LogP contribution in [0.1, 0.15) is 10.4 Å². The Kier molecular flexibility index (Phi) is 6.71. The summed E-state index contributed by atoms with van der Waals surface area (Å²) >= 11 is 5.95. The van der Waals surface area contributed by atoms with E-state index in [4.69, 9.17) is 16.3 Å². The van der Waals surface area contributed by atoms with Crippen LogP contribution in [0.2, 0.25) is 5.02 Å². The fourth-order valence-electron chi connectivity index (χ4n) is 2.68. The zero-order chi connectivity index (χ0) is 20.8. The monoisotopic (exact) mass is 414 g/mol. The van der Waals surface area contributed by atoms with Crippen molar-refractivity contribution in [3.63, 3.8) is 0 Å². The molecule has 0 radical (unpaired) electrons. The van der Waals surface area contributed by atoms with E-state index in [0.717, 1.165) is 4.68 Å². The molecule has 1 aromatic carbocycles. The lowest BCUT2D eigenvalue weighted by atomic mass is 10.1. The van der Waals surface area contributed by atoms with Gasteiger partial charge in [0, 0.05) is 23.9 Å². The van der Waals surface area contributed by atoms with Crippen LogP contribution in [0.25, 0.3) is 16.9 Å². The molecule has 9 heteroatoms. The summed E-state index contributed by atoms with van der Waals surface area (Å²) < 4.78 is 6.09. The van der Waals surface area contributed by atoms with Crippen molar-refractivity contribution in [2.45, 2.75) is 6.04 Å². The van der Waals surface area contributed by atoms with Crippen LogP contribution >= 0.6 is 11.6 Å². The van der Waals surface area contributed by atoms with Crippen molar-refractivity contribution in [1.29, 1.82) is 0 Å². The topological polar surface area (TPSA) is 106 Å². The van der Waals surface area contributed by atoms with Crippen LogP contribution in [0.15, 0.2) is 59.7 Å². The summed E-state index contributed by atoms with van der Waals surface area (Å²) in [6.07, 6.45) is 3.05. The lowest BCUT2D eigenvalue weighted by Crippen LogP contribution is -2.43. The third kappa shape index (κ3) is 4.86. The quantitative estimate of drug-likeness (QED) is 0.609. The van der Waals surface area contributed by atoms with Gasteiger partial charge < -0.3 is 15.2 Å². The molecule has 150 valence electrons. The van der Waals surface area contributed by atoms with E-state index in [-0.39, 0.29) is 18.8 Å². The van der Waals surface area contributed by atoms with Gasteiger partial charge >= 0.3 is 0 Å². The first-order valence-corrected chi connectivity index (χ1v) is 9.12. The van der Waals surface area contributed by atoms with Gasteiger partial charge in [0.25, 0.3) is 11.5 Å². The van der Waals surface area contributed by atoms with Crippen LogP contribution in [0, 0.1) is 0 Å². The van der Waals surface area contributed by atoms with Crippen LogP contribution in [0.3, 0.4) is 0 Å². The normalized spacial score (nSPS) is 11.8. The van der Waals surface area contributed by atoms with Gasteiger partial charge in [-0.1, -0.05) is 23.7 Å². The number of nitrogens with one attached hydrogen (secondary N) is 1. The maximum absolute atomic E-state index is 13.0. The smallest absolute Gasteiger partial charge is 0.284 e. The predicted molar refractivity (Wildman–Crippen MR) is 108 cm³/mol. The molecule has 2 heterocycles. The van der Waals surface area contributed by atoms with Crippen LogP contribution < -0.4 is 10.9 Å². The van der Waals surface area contributed by atoms with E-state index in [1.807, 2.05) is 0 Å². The van der Waals surface area contributed by atoms with E-state index < -0.39 is 17.5 Å². The fraction of sp³-hybridized carbons (Fsp3) is 0.200. The average molecular weight is 415 g/mol. The largest absolute Gasteiger partial charge is 0.394 e. The highest BCUT2D eigenvalue weighted by atomic mass is 35.5. The molecule has 0 spiro atoms. The number of carbonyl (C=O) groups excluding carboxylic acids is 1. The minimum absolute atomic E-state index is 0.105. The lowest BCUT2D eigenvalue weighted by molar-refractivity contribution is 0.0837. The Morgan fingerprint density at radius 1 is 1.31 bits per heavy atom. The lowest BCUT2D eigenvalue weighted by Gasteiger charge is -2.16. The first-order chi connectivity index (χ1) is 14.0. The van der Waals surface area contributed by atoms with Gasteiger partial charge in [0.15, 0.2) is 0 Å². The fourth-order valence-corrected chi connectivity index (χ4v) is 2.80. The molecule has 29 heavy (non-hydrogen) atoms. The van der Waals surface area contributed by atoms with E-state index in [9.17, 15) is 14.7 Å². The second-order valence-electron chi connectivity index (χ2n) is 6.19. The molecule has 0 fully saturated rings. The third-order valence-corrected chi connectivity index (χ3v) is 4.36. The number of aromatic nitrogens is 3. The van der Waals surface area contributed by atoms with Crippen molar-refractivity contribution < 1.29 is 14.6 Å². The highest BCUT2D eigenvalue weighted by molar-refractivity contribution is 6.30. The highest BCUT2D eigenvalue weighted by Gasteiger charge is 2.20. The number of aliphatic hydroxyl groups is 1. The number of aliphatic hydroxyl groups excluding tert-OH is 1. The van der Waals surface area contributed by atoms with Crippen LogP contribution in [0.4, 0.5) is 0 Å². The molecule has 3 aromatic rings. The van der Waals surface area contributed by atoms with Crippen LogP contribution in [-0.4, -0.2) is 52.1 Å². The van der Waals surface area contributed by atoms with Crippen molar-refractivity contribution in [3.8, 4) is 16.9 Å². The molecule has 1 amide bonds. The second kappa shape index (κ2) is 9.42. The van der Waals surface area contributed by atoms with Crippen molar-refractivity contribution in [1.82, 2.24) is 20.1 Å². The molecule has 2 N–H and O–H groups in total. The number of benzene rings is 1. The summed E-state index contributed by atoms with van der Waals surface area (Å²) in [5.74, 6) is -0.638. The minimum atomic E-state index is -0.647. The third-order valence-electron chi connectivity index (χ3n) is 4.11. The zero-order valence-corrected chi connectivity index (χ0v) is 16.3. The van der Waals surface area contributed by atoms with Crippen LogP contribution in [0.5, 0.6) is 0 Å². The molecule has 0 aliphatic rings. The zero-order valence-electron chi connectivity index (χ0n) is 15.6. The van der Waals surface area contributed by atoms with Gasteiger partial charge in [0.2, 0.25) is 0 Å². The van der Waals surface area contributed by atoms with Gasteiger partial charge in [-0.05, 0) is 30.3 Å². The maximum Gasteiger partial charge on any atom is 0.284 e. The van der Waals surface area contributed by atoms with Gasteiger partial charge in [-0.2, -0.15) is 9.78 Å². The number of nitrogens with zero attached hydrogens (tertiary/aromatic N) is 3. The van der Waals surface area contributed by atoms with Gasteiger partial charge in [-0.25, -0.2) is 0 Å². The first-order valence-electron chi connectivity index (χ1n) is 8.75. The molecule has 2 aromatic heterocycles. The molecule has 0 bridgehead atoms. The van der Waals surface area contributed by atoms with E-state index in [1.54, 1.807) is 42.6 Å². The number of ether oxygens (including phenoxy) is 1. The first kappa shape index (κ1) is 20.7. The SMILES string of the molecule is COC[C@@H](CO)NC(=O)c1cc(-c2ccc(Cl)cc2)nn(-c2cccnc2)c1=O. The van der Waals surface area contributed by atoms with E-state index in [1.165, 1.54) is 19.4 Å². The van der Waals surface area contributed by atoms with Gasteiger partial charge in [0.05, 0.1) is 36.8 Å². The molecular weight excluding hydrogens is 396 g/mol. The highest BCUT2D eigenvalue weighted by Crippen LogP contribution is 2.20. The number of methoxy groups -OCH3 is 1. The summed E-state index contributed by atoms with van der Waals surface area (Å²) in [6.45, 7) is -0.223. The standard InChI is InChI=1S/C20H19ClN4O4/c1-29-12-15(11-26)23-19(27)17-9-18(13-4-6-14(21)7-5-13)24-25(20(17)28)16-3-2-8-22-10-16/h2-10,15,26H,11-12H2,1H3,(H,23,27)/t15-/m1/s1. The number of pyridine rings is 1. The molecule has 0 aliphatic heterocycles. The van der Waals surface area contributed by atoms with Crippen LogP contribution in [-0.2, 0) is 4.74 Å². The number of halogens is 1. The Hall–Kier alpha value is -3.07. The number of hydrogen-bond donors (Lipinski definition) is 2. The Balaban J connectivity index is 2.11. The van der Waals surface area contributed by atoms with Gasteiger partial charge in [0.1, 0.15) is 5.56 Å². The van der Waals surface area contributed by atoms with Gasteiger partial charge in [-0.15, -0.1) is 0 Å². The molecule has 0 saturated heterocycles. The second-order valence-corrected chi connectivity index (χ2v) is 6.62. The molecule has 8 nitrogen and oxygen atoms in total. The summed E-state index contributed by atoms with van der Waals surface area (Å²) in [5, 5.41) is 16.9. The molecule has 0 aliphatic carbocycles. The van der Waals surface area contributed by atoms with Gasteiger partial charge in [-0.3, -0.25) is 14.6 Å².